The number of hydrogen-bond donors (Lipinski definition) is 1. The molecule has 0 spiro atoms. The molecule has 4 unspecified atom stereocenters. The number of carbonyl (C=O) groups excluding carboxylic acids is 2. The molecular formula is C31H30N2O5. The Morgan fingerprint density at radius 1 is 0.842 bits per heavy atom. The minimum Gasteiger partial charge on any atom is -0.481 e. The maximum Gasteiger partial charge on any atom is 0.310 e. The van der Waals surface area contributed by atoms with Crippen LogP contribution < -0.4 is 4.74 Å². The number of hydrogen-bond acceptors (Lipinski definition) is 5. The van der Waals surface area contributed by atoms with E-state index in [9.17, 15) is 19.5 Å². The first-order valence-corrected chi connectivity index (χ1v) is 12.8. The Bertz CT molecular complexity index is 1450. The van der Waals surface area contributed by atoms with Gasteiger partial charge in [-0.1, -0.05) is 56.3 Å². The van der Waals surface area contributed by atoms with Crippen LogP contribution in [0, 0.1) is 16.7 Å². The molecule has 3 aromatic carbocycles. The molecule has 2 aliphatic heterocycles. The van der Waals surface area contributed by atoms with Gasteiger partial charge in [0.1, 0.15) is 11.5 Å². The molecule has 4 atom stereocenters. The van der Waals surface area contributed by atoms with E-state index in [2.05, 4.69) is 0 Å². The number of benzene rings is 3. The van der Waals surface area contributed by atoms with Crippen LogP contribution in [0.3, 0.4) is 0 Å². The lowest BCUT2D eigenvalue weighted by atomic mass is 9.88. The number of hydrazine groups is 1. The molecule has 2 fully saturated rings. The average Bonchev–Trinajstić information content (AvgIpc) is 3.56. The number of carboxylic acids is 1. The summed E-state index contributed by atoms with van der Waals surface area (Å²) in [5, 5.41) is 13.6. The van der Waals surface area contributed by atoms with E-state index >= 15 is 0 Å². The van der Waals surface area contributed by atoms with E-state index in [1.807, 2.05) is 82.3 Å². The zero-order valence-corrected chi connectivity index (χ0v) is 21.8. The van der Waals surface area contributed by atoms with Crippen molar-refractivity contribution >= 4 is 17.8 Å². The van der Waals surface area contributed by atoms with E-state index in [0.717, 1.165) is 5.56 Å². The minimum atomic E-state index is -1.06. The fourth-order valence-electron chi connectivity index (χ4n) is 6.85. The summed E-state index contributed by atoms with van der Waals surface area (Å²) < 4.78 is 5.99. The number of nitrogens with zero attached hydrogens (tertiary/aromatic N) is 2. The Balaban J connectivity index is 1.29. The number of ether oxygens (including phenoxy) is 1. The highest BCUT2D eigenvalue weighted by atomic mass is 16.5. The molecule has 3 aliphatic rings. The highest BCUT2D eigenvalue weighted by molar-refractivity contribution is 6.21. The summed E-state index contributed by atoms with van der Waals surface area (Å²) in [6, 6.07) is 23.5. The van der Waals surface area contributed by atoms with Crippen LogP contribution in [0.4, 0.5) is 0 Å². The first kappa shape index (κ1) is 24.4. The van der Waals surface area contributed by atoms with Crippen LogP contribution in [0.2, 0.25) is 0 Å². The van der Waals surface area contributed by atoms with Crippen LogP contribution in [-0.2, 0) is 11.2 Å². The molecule has 1 N–H and O–H groups in total. The molecule has 2 heterocycles. The lowest BCUT2D eigenvalue weighted by molar-refractivity contribution is -0.145. The molecule has 0 aromatic heterocycles. The third-order valence-electron chi connectivity index (χ3n) is 8.93. The third-order valence-corrected chi connectivity index (χ3v) is 8.93. The van der Waals surface area contributed by atoms with Gasteiger partial charge in [0.15, 0.2) is 0 Å². The van der Waals surface area contributed by atoms with Crippen LogP contribution in [0.25, 0.3) is 0 Å². The lowest BCUT2D eigenvalue weighted by Gasteiger charge is -2.18. The quantitative estimate of drug-likeness (QED) is 0.337. The van der Waals surface area contributed by atoms with Crippen LogP contribution in [-0.4, -0.2) is 44.5 Å². The van der Waals surface area contributed by atoms with Crippen molar-refractivity contribution in [2.45, 2.75) is 45.7 Å². The number of carboxylic acid groups (broad SMARTS) is 1. The summed E-state index contributed by atoms with van der Waals surface area (Å²) >= 11 is 0. The highest BCUT2D eigenvalue weighted by Crippen LogP contribution is 2.76. The fourth-order valence-corrected chi connectivity index (χ4v) is 6.85. The molecule has 7 heteroatoms. The topological polar surface area (TPSA) is 86.9 Å². The van der Waals surface area contributed by atoms with Gasteiger partial charge in [0, 0.05) is 5.92 Å². The van der Waals surface area contributed by atoms with Crippen molar-refractivity contribution < 1.29 is 24.2 Å². The maximum atomic E-state index is 13.2. The predicted octanol–water partition coefficient (Wildman–Crippen LogP) is 5.42. The Morgan fingerprint density at radius 2 is 1.42 bits per heavy atom. The number of aliphatic carboxylic acids is 1. The van der Waals surface area contributed by atoms with Crippen molar-refractivity contribution in [1.82, 2.24) is 10.0 Å². The molecular weight excluding hydrogens is 480 g/mol. The monoisotopic (exact) mass is 510 g/mol. The summed E-state index contributed by atoms with van der Waals surface area (Å²) in [6.07, 6.45) is 0.314. The zero-order chi connectivity index (χ0) is 27.0. The van der Waals surface area contributed by atoms with Crippen molar-refractivity contribution in [3.8, 4) is 11.5 Å². The van der Waals surface area contributed by atoms with Gasteiger partial charge >= 0.3 is 5.97 Å². The van der Waals surface area contributed by atoms with Gasteiger partial charge in [-0.15, -0.1) is 0 Å². The van der Waals surface area contributed by atoms with Crippen LogP contribution in [0.15, 0.2) is 78.9 Å². The van der Waals surface area contributed by atoms with E-state index in [1.54, 1.807) is 29.3 Å². The van der Waals surface area contributed by atoms with Gasteiger partial charge in [0.05, 0.1) is 28.1 Å². The van der Waals surface area contributed by atoms with Gasteiger partial charge in [-0.2, -0.15) is 5.01 Å². The number of imide groups is 1. The van der Waals surface area contributed by atoms with Crippen molar-refractivity contribution in [3.63, 3.8) is 0 Å². The van der Waals surface area contributed by atoms with Crippen molar-refractivity contribution in [3.05, 3.63) is 95.6 Å². The molecule has 194 valence electrons. The number of carbonyl (C=O) groups is 3. The maximum absolute atomic E-state index is 13.2. The molecule has 2 amide bonds. The minimum absolute atomic E-state index is 0.273. The molecule has 6 rings (SSSR count). The van der Waals surface area contributed by atoms with E-state index in [-0.39, 0.29) is 23.8 Å². The van der Waals surface area contributed by atoms with Crippen molar-refractivity contribution in [2.75, 3.05) is 0 Å². The van der Waals surface area contributed by atoms with E-state index < -0.39 is 22.3 Å². The Morgan fingerprint density at radius 3 is 2.03 bits per heavy atom. The summed E-state index contributed by atoms with van der Waals surface area (Å²) in [7, 11) is 0. The molecule has 1 aliphatic carbocycles. The van der Waals surface area contributed by atoms with Gasteiger partial charge < -0.3 is 9.84 Å². The zero-order valence-electron chi connectivity index (χ0n) is 21.8. The number of fused-ring (bicyclic) bond motifs is 1. The second kappa shape index (κ2) is 8.01. The summed E-state index contributed by atoms with van der Waals surface area (Å²) in [5.41, 5.74) is -0.548. The molecule has 0 radical (unpaired) electrons. The summed E-state index contributed by atoms with van der Waals surface area (Å²) in [6.45, 7) is 7.89. The van der Waals surface area contributed by atoms with Gasteiger partial charge in [-0.25, -0.2) is 5.01 Å². The van der Waals surface area contributed by atoms with E-state index in [4.69, 9.17) is 4.74 Å². The number of para-hydroxylation sites is 1. The summed E-state index contributed by atoms with van der Waals surface area (Å²) in [5.74, 6) is -0.503. The Labute approximate surface area is 221 Å². The lowest BCUT2D eigenvalue weighted by Crippen LogP contribution is -2.38. The SMILES string of the molecule is CC1(C)C(C2C(C)(C)C2(Cc2cccc(Oc3ccccc3)c2)C(=O)O)N1N1C(=O)c2ccccc2C1=O. The standard InChI is InChI=1S/C31H30N2O5/c1-29(2)24(25-30(3,4)33(25)32-26(34)22-15-8-9-16-23(22)27(32)35)31(29,28(36)37)18-19-11-10-14-21(17-19)38-20-12-6-5-7-13-20/h5-17,24-25H,18H2,1-4H3,(H,36,37). The van der Waals surface area contributed by atoms with Gasteiger partial charge in [0.25, 0.3) is 11.8 Å². The average molecular weight is 511 g/mol. The number of amides is 2. The highest BCUT2D eigenvalue weighted by Gasteiger charge is 2.84. The molecule has 1 saturated carbocycles. The van der Waals surface area contributed by atoms with Gasteiger partial charge in [-0.05, 0) is 67.6 Å². The largest absolute Gasteiger partial charge is 0.481 e. The second-order valence-corrected chi connectivity index (χ2v) is 11.6. The van der Waals surface area contributed by atoms with E-state index in [1.165, 1.54) is 5.01 Å². The first-order chi connectivity index (χ1) is 18.0. The van der Waals surface area contributed by atoms with Gasteiger partial charge in [0.2, 0.25) is 0 Å². The fraction of sp³-hybridized carbons (Fsp3) is 0.323. The van der Waals surface area contributed by atoms with E-state index in [0.29, 0.717) is 29.0 Å². The normalized spacial score (nSPS) is 28.1. The smallest absolute Gasteiger partial charge is 0.310 e. The Kier molecular flexibility index (Phi) is 5.14. The summed E-state index contributed by atoms with van der Waals surface area (Å²) in [4.78, 5) is 39.4. The number of rotatable bonds is 7. The molecule has 3 aromatic rings. The first-order valence-electron chi connectivity index (χ1n) is 12.8. The molecule has 1 saturated heterocycles. The predicted molar refractivity (Wildman–Crippen MR) is 141 cm³/mol. The van der Waals surface area contributed by atoms with Gasteiger partial charge in [-0.3, -0.25) is 14.4 Å². The Hall–Kier alpha value is -3.97. The molecule has 0 bridgehead atoms. The molecule has 38 heavy (non-hydrogen) atoms. The van der Waals surface area contributed by atoms with Crippen molar-refractivity contribution in [1.29, 1.82) is 0 Å². The third kappa shape index (κ3) is 3.28. The van der Waals surface area contributed by atoms with Crippen molar-refractivity contribution in [2.24, 2.45) is 16.7 Å². The van der Waals surface area contributed by atoms with Crippen LogP contribution in [0.1, 0.15) is 54.0 Å². The van der Waals surface area contributed by atoms with Crippen LogP contribution >= 0.6 is 0 Å². The second-order valence-electron chi connectivity index (χ2n) is 11.6. The van der Waals surface area contributed by atoms with Crippen LogP contribution in [0.5, 0.6) is 11.5 Å². The molecule has 7 nitrogen and oxygen atoms in total.